The van der Waals surface area contributed by atoms with Crippen LogP contribution in [0.1, 0.15) is 12.0 Å². The van der Waals surface area contributed by atoms with Crippen molar-refractivity contribution in [3.63, 3.8) is 0 Å². The maximum atomic E-state index is 9.10. The largest absolute Gasteiger partial charge is 0.394 e. The van der Waals surface area contributed by atoms with E-state index in [0.29, 0.717) is 35.4 Å². The summed E-state index contributed by atoms with van der Waals surface area (Å²) in [6, 6.07) is 2.09. The molecule has 100 valence electrons. The molecule has 19 heavy (non-hydrogen) atoms. The van der Waals surface area contributed by atoms with Crippen molar-refractivity contribution in [3.8, 4) is 6.07 Å². The molecule has 0 saturated carbocycles. The van der Waals surface area contributed by atoms with Crippen LogP contribution in [0.15, 0.2) is 12.5 Å². The van der Waals surface area contributed by atoms with Gasteiger partial charge in [-0.1, -0.05) is 0 Å². The Morgan fingerprint density at radius 3 is 3.00 bits per heavy atom. The number of nitriles is 1. The zero-order valence-corrected chi connectivity index (χ0v) is 10.6. The molecule has 2 aromatic heterocycles. The lowest BCUT2D eigenvalue weighted by molar-refractivity contribution is 0.0405. The van der Waals surface area contributed by atoms with E-state index in [2.05, 4.69) is 16.0 Å². The van der Waals surface area contributed by atoms with Crippen LogP contribution in [0.5, 0.6) is 0 Å². The molecule has 0 spiro atoms. The average Bonchev–Trinajstić information content (AvgIpc) is 2.80. The zero-order chi connectivity index (χ0) is 13.8. The average molecular weight is 261 g/mol. The maximum Gasteiger partial charge on any atom is 0.146 e. The van der Waals surface area contributed by atoms with Crippen LogP contribution >= 0.6 is 0 Å². The third-order valence-corrected chi connectivity index (χ3v) is 3.03. The minimum Gasteiger partial charge on any atom is -0.394 e. The van der Waals surface area contributed by atoms with E-state index in [-0.39, 0.29) is 12.7 Å². The van der Waals surface area contributed by atoms with Crippen molar-refractivity contribution in [2.24, 2.45) is 0 Å². The first-order chi connectivity index (χ1) is 9.21. The van der Waals surface area contributed by atoms with Gasteiger partial charge in [0.25, 0.3) is 0 Å². The molecule has 0 amide bonds. The first-order valence-electron chi connectivity index (χ1n) is 5.84. The lowest BCUT2D eigenvalue weighted by atomic mass is 10.2. The molecular weight excluding hydrogens is 246 g/mol. The van der Waals surface area contributed by atoms with Crippen LogP contribution in [0.4, 0.5) is 5.82 Å². The summed E-state index contributed by atoms with van der Waals surface area (Å²) >= 11 is 0. The van der Waals surface area contributed by atoms with Crippen molar-refractivity contribution in [2.45, 2.75) is 19.1 Å². The number of ether oxygens (including phenoxy) is 1. The second kappa shape index (κ2) is 5.65. The molecular formula is C12H15N5O2. The molecule has 0 aliphatic rings. The molecule has 2 heterocycles. The van der Waals surface area contributed by atoms with Crippen molar-refractivity contribution in [1.29, 1.82) is 5.26 Å². The van der Waals surface area contributed by atoms with E-state index >= 15 is 0 Å². The molecule has 1 unspecified atom stereocenters. The Bertz CT molecular complexity index is 612. The van der Waals surface area contributed by atoms with Crippen LogP contribution in [-0.4, -0.2) is 39.5 Å². The van der Waals surface area contributed by atoms with E-state index < -0.39 is 0 Å². The predicted octanol–water partition coefficient (Wildman–Crippen LogP) is 0.283. The summed E-state index contributed by atoms with van der Waals surface area (Å²) in [5, 5.41) is 18.8. The summed E-state index contributed by atoms with van der Waals surface area (Å²) in [5.74, 6) is 0.297. The van der Waals surface area contributed by atoms with Gasteiger partial charge in [-0.05, 0) is 6.42 Å². The molecule has 7 heteroatoms. The number of rotatable bonds is 5. The Balaban J connectivity index is 2.34. The van der Waals surface area contributed by atoms with Crippen LogP contribution in [-0.2, 0) is 11.3 Å². The van der Waals surface area contributed by atoms with Crippen LogP contribution in [0.2, 0.25) is 0 Å². The number of fused-ring (bicyclic) bond motifs is 1. The third kappa shape index (κ3) is 2.50. The van der Waals surface area contributed by atoms with Crippen molar-refractivity contribution in [2.75, 3.05) is 19.5 Å². The first kappa shape index (κ1) is 13.3. The van der Waals surface area contributed by atoms with Crippen LogP contribution in [0.25, 0.3) is 11.0 Å². The van der Waals surface area contributed by atoms with Crippen LogP contribution < -0.4 is 5.73 Å². The van der Waals surface area contributed by atoms with Gasteiger partial charge in [-0.3, -0.25) is 0 Å². The number of anilines is 1. The van der Waals surface area contributed by atoms with Crippen LogP contribution in [0, 0.1) is 11.3 Å². The molecule has 0 aliphatic carbocycles. The molecule has 0 radical (unpaired) electrons. The monoisotopic (exact) mass is 261 g/mol. The quantitative estimate of drug-likeness (QED) is 0.800. The fourth-order valence-corrected chi connectivity index (χ4v) is 1.97. The summed E-state index contributed by atoms with van der Waals surface area (Å²) in [6.45, 7) is 0.533. The summed E-state index contributed by atoms with van der Waals surface area (Å²) in [6.07, 6.45) is 3.45. The summed E-state index contributed by atoms with van der Waals surface area (Å²) in [7, 11) is 1.55. The predicted molar refractivity (Wildman–Crippen MR) is 69.2 cm³/mol. The standard InChI is InChI=1S/C12H15N5O2/c1-19-9(6-18)2-3-17-5-8(4-13)10-11(14)15-7-16-12(10)17/h5,7,9,18H,2-3,6H2,1H3,(H2,14,15,16). The smallest absolute Gasteiger partial charge is 0.146 e. The first-order valence-corrected chi connectivity index (χ1v) is 5.84. The molecule has 1 atom stereocenters. The molecule has 3 N–H and O–H groups in total. The summed E-state index contributed by atoms with van der Waals surface area (Å²) in [5.41, 5.74) is 6.85. The number of nitrogens with zero attached hydrogens (tertiary/aromatic N) is 4. The second-order valence-electron chi connectivity index (χ2n) is 4.13. The minimum atomic E-state index is -0.234. The SMILES string of the molecule is COC(CO)CCn1cc(C#N)c2c(N)ncnc21. The van der Waals surface area contributed by atoms with Gasteiger partial charge in [0.1, 0.15) is 23.9 Å². The van der Waals surface area contributed by atoms with E-state index in [9.17, 15) is 0 Å². The molecule has 0 aromatic carbocycles. The van der Waals surface area contributed by atoms with E-state index in [0.717, 1.165) is 0 Å². The fourth-order valence-electron chi connectivity index (χ4n) is 1.97. The molecule has 0 fully saturated rings. The van der Waals surface area contributed by atoms with Crippen molar-refractivity contribution < 1.29 is 9.84 Å². The van der Waals surface area contributed by atoms with Gasteiger partial charge in [-0.25, -0.2) is 9.97 Å². The van der Waals surface area contributed by atoms with Gasteiger partial charge in [0, 0.05) is 19.9 Å². The number of aromatic nitrogens is 3. The van der Waals surface area contributed by atoms with E-state index in [4.69, 9.17) is 20.8 Å². The van der Waals surface area contributed by atoms with Crippen molar-refractivity contribution >= 4 is 16.9 Å². The van der Waals surface area contributed by atoms with Gasteiger partial charge in [0.15, 0.2) is 0 Å². The Morgan fingerprint density at radius 1 is 1.58 bits per heavy atom. The summed E-state index contributed by atoms with van der Waals surface area (Å²) in [4.78, 5) is 8.05. The van der Waals surface area contributed by atoms with Gasteiger partial charge < -0.3 is 20.1 Å². The second-order valence-corrected chi connectivity index (χ2v) is 4.13. The number of hydrogen-bond donors (Lipinski definition) is 2. The fraction of sp³-hybridized carbons (Fsp3) is 0.417. The van der Waals surface area contributed by atoms with E-state index in [1.807, 2.05) is 4.57 Å². The number of nitrogens with two attached hydrogens (primary N) is 1. The third-order valence-electron chi connectivity index (χ3n) is 3.03. The Morgan fingerprint density at radius 2 is 2.37 bits per heavy atom. The maximum absolute atomic E-state index is 9.10. The number of aliphatic hydroxyl groups is 1. The number of aliphatic hydroxyl groups excluding tert-OH is 1. The molecule has 0 aliphatic heterocycles. The summed E-state index contributed by atoms with van der Waals surface area (Å²) < 4.78 is 6.93. The Hall–Kier alpha value is -2.17. The molecule has 2 aromatic rings. The van der Waals surface area contributed by atoms with E-state index in [1.165, 1.54) is 6.33 Å². The number of methoxy groups -OCH3 is 1. The van der Waals surface area contributed by atoms with Gasteiger partial charge in [0.05, 0.1) is 23.7 Å². The lowest BCUT2D eigenvalue weighted by Crippen LogP contribution is -2.18. The van der Waals surface area contributed by atoms with Gasteiger partial charge in [-0.2, -0.15) is 5.26 Å². The highest BCUT2D eigenvalue weighted by Crippen LogP contribution is 2.23. The molecule has 2 rings (SSSR count). The lowest BCUT2D eigenvalue weighted by Gasteiger charge is -2.12. The highest BCUT2D eigenvalue weighted by atomic mass is 16.5. The minimum absolute atomic E-state index is 0.0437. The topological polar surface area (TPSA) is 110 Å². The number of nitrogen functional groups attached to an aromatic ring is 1. The number of aryl methyl sites for hydroxylation is 1. The van der Waals surface area contributed by atoms with Crippen LogP contribution in [0.3, 0.4) is 0 Å². The highest BCUT2D eigenvalue weighted by molar-refractivity contribution is 5.91. The van der Waals surface area contributed by atoms with Crippen molar-refractivity contribution in [1.82, 2.24) is 14.5 Å². The van der Waals surface area contributed by atoms with Gasteiger partial charge >= 0.3 is 0 Å². The Labute approximate surface area is 110 Å². The molecule has 0 bridgehead atoms. The zero-order valence-electron chi connectivity index (χ0n) is 10.6. The van der Waals surface area contributed by atoms with E-state index in [1.54, 1.807) is 13.3 Å². The highest BCUT2D eigenvalue weighted by Gasteiger charge is 2.14. The Kier molecular flexibility index (Phi) is 3.94. The number of hydrogen-bond acceptors (Lipinski definition) is 6. The van der Waals surface area contributed by atoms with Gasteiger partial charge in [-0.15, -0.1) is 0 Å². The van der Waals surface area contributed by atoms with Crippen molar-refractivity contribution in [3.05, 3.63) is 18.1 Å². The molecule has 7 nitrogen and oxygen atoms in total. The normalized spacial score (nSPS) is 12.5. The van der Waals surface area contributed by atoms with Gasteiger partial charge in [0.2, 0.25) is 0 Å². The molecule has 0 saturated heterocycles.